The van der Waals surface area contributed by atoms with Crippen molar-refractivity contribution in [3.05, 3.63) is 29.1 Å². The maximum absolute atomic E-state index is 13.3. The number of alkyl carbamates (subject to hydrolysis) is 1. The molecule has 1 aromatic rings. The van der Waals surface area contributed by atoms with Crippen LogP contribution >= 0.6 is 0 Å². The van der Waals surface area contributed by atoms with Gasteiger partial charge in [-0.1, -0.05) is 13.8 Å². The highest BCUT2D eigenvalue weighted by molar-refractivity contribution is 5.82. The lowest BCUT2D eigenvalue weighted by Gasteiger charge is -2.34. The van der Waals surface area contributed by atoms with Crippen molar-refractivity contribution in [2.45, 2.75) is 70.6 Å². The number of carbonyl (C=O) groups is 2. The number of hydrogen-bond donors (Lipinski definition) is 2. The molecule has 2 amide bonds. The number of amides is 2. The first-order valence-corrected chi connectivity index (χ1v) is 11.4. The SMILES string of the molecule is COC(=O)NCCCc1cc([C@@H](C)N(C(=O)[C@H]2CNCCO2)C2CC2)cc(C(C)C)n1. The maximum Gasteiger partial charge on any atom is 0.406 e. The van der Waals surface area contributed by atoms with Gasteiger partial charge in [-0.2, -0.15) is 0 Å². The number of hydrogen-bond acceptors (Lipinski definition) is 6. The molecule has 1 aromatic heterocycles. The van der Waals surface area contributed by atoms with E-state index in [2.05, 4.69) is 48.3 Å². The summed E-state index contributed by atoms with van der Waals surface area (Å²) >= 11 is 0. The monoisotopic (exact) mass is 432 g/mol. The third kappa shape index (κ3) is 6.40. The van der Waals surface area contributed by atoms with Crippen LogP contribution in [0.1, 0.15) is 68.9 Å². The Balaban J connectivity index is 1.75. The van der Waals surface area contributed by atoms with Gasteiger partial charge in [0.25, 0.3) is 5.91 Å². The molecule has 8 nitrogen and oxygen atoms in total. The van der Waals surface area contributed by atoms with E-state index in [-0.39, 0.29) is 23.9 Å². The Labute approximate surface area is 185 Å². The molecule has 2 heterocycles. The Morgan fingerprint density at radius 3 is 2.71 bits per heavy atom. The standard InChI is InChI=1S/C23H36N4O4/c1-15(2)20-13-17(12-18(26-20)6-5-9-25-23(29)30-4)16(3)27(19-7-8-19)22(28)21-14-24-10-11-31-21/h12-13,15-16,19,21,24H,5-11,14H2,1-4H3,(H,25,29)/t16-,21-/m1/s1. The molecular formula is C23H36N4O4. The van der Waals surface area contributed by atoms with Crippen molar-refractivity contribution < 1.29 is 19.1 Å². The van der Waals surface area contributed by atoms with Crippen LogP contribution in [-0.2, 0) is 20.7 Å². The molecule has 0 bridgehead atoms. The van der Waals surface area contributed by atoms with Crippen molar-refractivity contribution in [1.29, 1.82) is 0 Å². The van der Waals surface area contributed by atoms with Gasteiger partial charge in [-0.15, -0.1) is 0 Å². The number of aryl methyl sites for hydroxylation is 1. The lowest BCUT2D eigenvalue weighted by molar-refractivity contribution is -0.148. The Morgan fingerprint density at radius 1 is 1.32 bits per heavy atom. The van der Waals surface area contributed by atoms with Gasteiger partial charge in [0.05, 0.1) is 19.8 Å². The summed E-state index contributed by atoms with van der Waals surface area (Å²) in [6, 6.07) is 4.49. The quantitative estimate of drug-likeness (QED) is 0.583. The summed E-state index contributed by atoms with van der Waals surface area (Å²) in [6.07, 6.45) is 2.78. The summed E-state index contributed by atoms with van der Waals surface area (Å²) in [7, 11) is 1.36. The first-order chi connectivity index (χ1) is 14.9. The molecule has 0 unspecified atom stereocenters. The van der Waals surface area contributed by atoms with Crippen LogP contribution in [0.5, 0.6) is 0 Å². The van der Waals surface area contributed by atoms with Gasteiger partial charge in [0, 0.05) is 37.1 Å². The van der Waals surface area contributed by atoms with Crippen molar-refractivity contribution in [1.82, 2.24) is 20.5 Å². The van der Waals surface area contributed by atoms with E-state index in [1.54, 1.807) is 0 Å². The third-order valence-electron chi connectivity index (χ3n) is 5.87. The van der Waals surface area contributed by atoms with Gasteiger partial charge in [-0.25, -0.2) is 4.79 Å². The maximum atomic E-state index is 13.3. The number of carbonyl (C=O) groups excluding carboxylic acids is 2. The van der Waals surface area contributed by atoms with E-state index < -0.39 is 12.2 Å². The van der Waals surface area contributed by atoms with E-state index in [1.165, 1.54) is 7.11 Å². The van der Waals surface area contributed by atoms with Gasteiger partial charge < -0.3 is 25.0 Å². The van der Waals surface area contributed by atoms with Gasteiger partial charge in [0.15, 0.2) is 0 Å². The predicted molar refractivity (Wildman–Crippen MR) is 118 cm³/mol. The van der Waals surface area contributed by atoms with E-state index in [1.807, 2.05) is 4.90 Å². The topological polar surface area (TPSA) is 92.8 Å². The zero-order valence-electron chi connectivity index (χ0n) is 19.1. The summed E-state index contributed by atoms with van der Waals surface area (Å²) in [4.78, 5) is 31.4. The molecule has 2 fully saturated rings. The number of aromatic nitrogens is 1. The van der Waals surface area contributed by atoms with Crippen LogP contribution in [0.15, 0.2) is 12.1 Å². The Morgan fingerprint density at radius 2 is 2.10 bits per heavy atom. The van der Waals surface area contributed by atoms with E-state index >= 15 is 0 Å². The van der Waals surface area contributed by atoms with E-state index in [4.69, 9.17) is 9.72 Å². The minimum Gasteiger partial charge on any atom is -0.453 e. The minimum atomic E-state index is -0.420. The molecule has 1 aliphatic heterocycles. The van der Waals surface area contributed by atoms with Crippen molar-refractivity contribution in [3.63, 3.8) is 0 Å². The highest BCUT2D eigenvalue weighted by Crippen LogP contribution is 2.36. The van der Waals surface area contributed by atoms with Gasteiger partial charge in [-0.05, 0) is 56.2 Å². The second-order valence-corrected chi connectivity index (χ2v) is 8.71. The van der Waals surface area contributed by atoms with Gasteiger partial charge in [0.1, 0.15) is 6.10 Å². The average molecular weight is 433 g/mol. The number of rotatable bonds is 9. The zero-order chi connectivity index (χ0) is 22.4. The average Bonchev–Trinajstić information content (AvgIpc) is 3.62. The molecular weight excluding hydrogens is 396 g/mol. The van der Waals surface area contributed by atoms with Gasteiger partial charge in [0.2, 0.25) is 0 Å². The van der Waals surface area contributed by atoms with Crippen LogP contribution in [0.2, 0.25) is 0 Å². The van der Waals surface area contributed by atoms with E-state index in [9.17, 15) is 9.59 Å². The number of morpholine rings is 1. The first kappa shape index (κ1) is 23.5. The molecule has 31 heavy (non-hydrogen) atoms. The Hall–Kier alpha value is -2.19. The fourth-order valence-corrected chi connectivity index (χ4v) is 3.92. The Kier molecular flexibility index (Phi) is 8.26. The molecule has 8 heteroatoms. The second-order valence-electron chi connectivity index (χ2n) is 8.71. The molecule has 2 N–H and O–H groups in total. The third-order valence-corrected chi connectivity index (χ3v) is 5.87. The summed E-state index contributed by atoms with van der Waals surface area (Å²) in [5.74, 6) is 0.365. The highest BCUT2D eigenvalue weighted by Gasteiger charge is 2.40. The van der Waals surface area contributed by atoms with Crippen LogP contribution in [0.4, 0.5) is 4.79 Å². The molecule has 1 aliphatic carbocycles. The van der Waals surface area contributed by atoms with Crippen molar-refractivity contribution >= 4 is 12.0 Å². The normalized spacial score (nSPS) is 19.7. The molecule has 172 valence electrons. The molecule has 3 rings (SSSR count). The van der Waals surface area contributed by atoms with Crippen molar-refractivity contribution in [2.75, 3.05) is 33.4 Å². The first-order valence-electron chi connectivity index (χ1n) is 11.4. The molecule has 0 radical (unpaired) electrons. The summed E-state index contributed by atoms with van der Waals surface area (Å²) < 4.78 is 10.4. The number of nitrogens with one attached hydrogen (secondary N) is 2. The largest absolute Gasteiger partial charge is 0.453 e. The fraction of sp³-hybridized carbons (Fsp3) is 0.696. The molecule has 0 aromatic carbocycles. The highest BCUT2D eigenvalue weighted by atomic mass is 16.5. The van der Waals surface area contributed by atoms with Crippen molar-refractivity contribution in [2.24, 2.45) is 0 Å². The molecule has 2 atom stereocenters. The number of nitrogens with zero attached hydrogens (tertiary/aromatic N) is 2. The smallest absolute Gasteiger partial charge is 0.406 e. The van der Waals surface area contributed by atoms with E-state index in [0.29, 0.717) is 19.7 Å². The fourth-order valence-electron chi connectivity index (χ4n) is 3.92. The molecule has 2 aliphatic rings. The lowest BCUT2D eigenvalue weighted by atomic mass is 9.99. The summed E-state index contributed by atoms with van der Waals surface area (Å²) in [5, 5.41) is 5.97. The van der Waals surface area contributed by atoms with Gasteiger partial charge in [-0.3, -0.25) is 9.78 Å². The van der Waals surface area contributed by atoms with Crippen molar-refractivity contribution in [3.8, 4) is 0 Å². The van der Waals surface area contributed by atoms with Crippen LogP contribution in [0, 0.1) is 0 Å². The van der Waals surface area contributed by atoms with Crippen LogP contribution in [0.3, 0.4) is 0 Å². The van der Waals surface area contributed by atoms with Crippen LogP contribution in [0.25, 0.3) is 0 Å². The zero-order valence-corrected chi connectivity index (χ0v) is 19.1. The molecule has 0 spiro atoms. The predicted octanol–water partition coefficient (Wildman–Crippen LogP) is 2.53. The van der Waals surface area contributed by atoms with Crippen LogP contribution in [-0.4, -0.2) is 67.4 Å². The summed E-state index contributed by atoms with van der Waals surface area (Å²) in [5.41, 5.74) is 3.12. The van der Waals surface area contributed by atoms with E-state index in [0.717, 1.165) is 49.2 Å². The van der Waals surface area contributed by atoms with Crippen LogP contribution < -0.4 is 10.6 Å². The number of ether oxygens (including phenoxy) is 2. The Bertz CT molecular complexity index is 760. The number of pyridine rings is 1. The van der Waals surface area contributed by atoms with Gasteiger partial charge >= 0.3 is 6.09 Å². The molecule has 1 saturated carbocycles. The summed E-state index contributed by atoms with van der Waals surface area (Å²) in [6.45, 7) is 8.83. The lowest BCUT2D eigenvalue weighted by Crippen LogP contribution is -2.50. The molecule has 1 saturated heterocycles. The number of methoxy groups -OCH3 is 1. The second kappa shape index (κ2) is 10.9. The minimum absolute atomic E-state index is 0.0435.